The molecule has 75 valence electrons. The summed E-state index contributed by atoms with van der Waals surface area (Å²) >= 11 is 0. The van der Waals surface area contributed by atoms with Gasteiger partial charge in [-0.2, -0.15) is 13.2 Å². The Balaban J connectivity index is 3.53. The molecule has 1 rings (SSSR count). The van der Waals surface area contributed by atoms with Crippen LogP contribution in [0.1, 0.15) is 5.56 Å². The van der Waals surface area contributed by atoms with Gasteiger partial charge in [0.2, 0.25) is 0 Å². The fraction of sp³-hybridized carbons (Fsp3) is 0.143. The van der Waals surface area contributed by atoms with Crippen molar-refractivity contribution >= 4 is 13.3 Å². The summed E-state index contributed by atoms with van der Waals surface area (Å²) in [7, 11) is 4.71. The van der Waals surface area contributed by atoms with Crippen LogP contribution in [-0.2, 0) is 6.18 Å². The van der Waals surface area contributed by atoms with Gasteiger partial charge in [0.05, 0.1) is 0 Å². The lowest BCUT2D eigenvalue weighted by Gasteiger charge is -2.15. The van der Waals surface area contributed by atoms with Gasteiger partial charge in [0.25, 0.3) is 0 Å². The Bertz CT molecular complexity index is 369. The van der Waals surface area contributed by atoms with E-state index in [1.165, 1.54) is 0 Å². The average molecular weight is 210 g/mol. The zero-order valence-corrected chi connectivity index (χ0v) is 6.42. The van der Waals surface area contributed by atoms with E-state index in [-0.39, 0.29) is 6.07 Å². The quantitative estimate of drug-likeness (QED) is 0.348. The first-order chi connectivity index (χ1) is 6.25. The van der Waals surface area contributed by atoms with Crippen LogP contribution in [0.5, 0.6) is 0 Å². The van der Waals surface area contributed by atoms with E-state index in [1.54, 1.807) is 0 Å². The van der Waals surface area contributed by atoms with Gasteiger partial charge in [0.1, 0.15) is 17.2 Å². The van der Waals surface area contributed by atoms with Crippen LogP contribution in [0, 0.1) is 17.5 Å². The van der Waals surface area contributed by atoms with Gasteiger partial charge in [-0.3, -0.25) is 5.46 Å². The highest BCUT2D eigenvalue weighted by Crippen LogP contribution is 2.33. The number of alkyl halides is 3. The third kappa shape index (κ3) is 1.71. The van der Waals surface area contributed by atoms with Gasteiger partial charge in [-0.25, -0.2) is 13.2 Å². The Morgan fingerprint density at radius 2 is 1.50 bits per heavy atom. The molecule has 0 N–H and O–H groups in total. The van der Waals surface area contributed by atoms with E-state index < -0.39 is 34.7 Å². The Morgan fingerprint density at radius 3 is 1.93 bits per heavy atom. The van der Waals surface area contributed by atoms with Crippen molar-refractivity contribution in [3.8, 4) is 0 Å². The van der Waals surface area contributed by atoms with Gasteiger partial charge in [-0.05, 0) is 0 Å². The molecule has 0 saturated heterocycles. The molecule has 0 aliphatic rings. The zero-order chi connectivity index (χ0) is 11.1. The van der Waals surface area contributed by atoms with E-state index in [0.29, 0.717) is 0 Å². The Hall–Kier alpha value is -1.14. The van der Waals surface area contributed by atoms with Gasteiger partial charge in [-0.15, -0.1) is 0 Å². The van der Waals surface area contributed by atoms with Crippen LogP contribution < -0.4 is 5.46 Å². The number of hydrogen-bond donors (Lipinski definition) is 0. The largest absolute Gasteiger partial charge is 0.576 e. The first-order valence-electron chi connectivity index (χ1n) is 3.25. The molecule has 0 fully saturated rings. The highest BCUT2D eigenvalue weighted by atomic mass is 19.4. The maximum atomic E-state index is 12.6. The molecule has 1 aromatic rings. The molecule has 0 aliphatic carbocycles. The summed E-state index contributed by atoms with van der Waals surface area (Å²) in [5.41, 5.74) is -3.28. The van der Waals surface area contributed by atoms with Gasteiger partial charge in [-0.1, -0.05) is 6.07 Å². The van der Waals surface area contributed by atoms with Gasteiger partial charge in [0, 0.05) is 0 Å². The topological polar surface area (TPSA) is 0 Å². The molecule has 0 atom stereocenters. The summed E-state index contributed by atoms with van der Waals surface area (Å²) in [4.78, 5) is 0. The second kappa shape index (κ2) is 3.22. The van der Waals surface area contributed by atoms with Crippen LogP contribution in [0.2, 0.25) is 0 Å². The van der Waals surface area contributed by atoms with Crippen molar-refractivity contribution in [2.75, 3.05) is 0 Å². The molecule has 7 heteroatoms. The third-order valence-corrected chi connectivity index (χ3v) is 1.47. The number of rotatable bonds is 0. The first-order valence-corrected chi connectivity index (χ1v) is 3.25. The molecule has 3 radical (unpaired) electrons. The third-order valence-electron chi connectivity index (χ3n) is 1.47. The highest BCUT2D eigenvalue weighted by Gasteiger charge is 2.38. The second-order valence-electron chi connectivity index (χ2n) is 2.45. The van der Waals surface area contributed by atoms with Crippen molar-refractivity contribution in [1.29, 1.82) is 0 Å². The molecule has 0 amide bonds. The van der Waals surface area contributed by atoms with Crippen molar-refractivity contribution in [3.05, 3.63) is 29.1 Å². The summed E-state index contributed by atoms with van der Waals surface area (Å²) in [6.45, 7) is 0. The monoisotopic (exact) mass is 210 g/mol. The summed E-state index contributed by atoms with van der Waals surface area (Å²) in [6, 6.07) is 0.0846. The lowest BCUT2D eigenvalue weighted by Crippen LogP contribution is -2.20. The smallest absolute Gasteiger partial charge is 0.422 e. The molecule has 0 heterocycles. The SMILES string of the molecule is [B-]c1cc(F)c(C(F)(F)F)c(F)c1F. The van der Waals surface area contributed by atoms with Crippen LogP contribution in [0.15, 0.2) is 6.07 Å². The van der Waals surface area contributed by atoms with Gasteiger partial charge >= 0.3 is 6.18 Å². The van der Waals surface area contributed by atoms with E-state index in [1.807, 2.05) is 0 Å². The molecule has 0 unspecified atom stereocenters. The lowest BCUT2D eigenvalue weighted by atomic mass is 9.93. The van der Waals surface area contributed by atoms with Crippen LogP contribution in [0.25, 0.3) is 0 Å². The summed E-state index contributed by atoms with van der Waals surface area (Å²) in [5, 5.41) is 0. The molecular formula is C7HBF6-. The van der Waals surface area contributed by atoms with Crippen molar-refractivity contribution in [2.45, 2.75) is 6.18 Å². The Labute approximate surface area is 75.9 Å². The predicted molar refractivity (Wildman–Crippen MR) is 36.7 cm³/mol. The zero-order valence-electron chi connectivity index (χ0n) is 6.42. The summed E-state index contributed by atoms with van der Waals surface area (Å²) in [5.74, 6) is -6.16. The van der Waals surface area contributed by atoms with Crippen molar-refractivity contribution in [2.24, 2.45) is 0 Å². The van der Waals surface area contributed by atoms with Crippen molar-refractivity contribution in [1.82, 2.24) is 0 Å². The maximum Gasteiger partial charge on any atom is 0.422 e. The molecule has 1 aromatic carbocycles. The molecular weight excluding hydrogens is 209 g/mol. The van der Waals surface area contributed by atoms with Crippen LogP contribution in [0.4, 0.5) is 26.3 Å². The van der Waals surface area contributed by atoms with E-state index in [2.05, 4.69) is 0 Å². The fourth-order valence-corrected chi connectivity index (χ4v) is 0.873. The fourth-order valence-electron chi connectivity index (χ4n) is 0.873. The van der Waals surface area contributed by atoms with Crippen LogP contribution >= 0.6 is 0 Å². The molecule has 0 saturated carbocycles. The molecule has 0 bridgehead atoms. The first kappa shape index (κ1) is 10.9. The molecule has 0 spiro atoms. The van der Waals surface area contributed by atoms with Gasteiger partial charge in [0.15, 0.2) is 5.82 Å². The Morgan fingerprint density at radius 1 is 1.00 bits per heavy atom. The standard InChI is InChI=1S/C7HBF6/c8-2-1-3(9)4(7(12,13)14)6(11)5(2)10/h1H/q-1. The molecule has 0 aliphatic heterocycles. The van der Waals surface area contributed by atoms with Crippen LogP contribution in [0.3, 0.4) is 0 Å². The van der Waals surface area contributed by atoms with E-state index >= 15 is 0 Å². The number of halogens is 6. The second-order valence-corrected chi connectivity index (χ2v) is 2.45. The van der Waals surface area contributed by atoms with Gasteiger partial charge < -0.3 is 7.85 Å². The van der Waals surface area contributed by atoms with E-state index in [9.17, 15) is 26.3 Å². The predicted octanol–water partition coefficient (Wildman–Crippen LogP) is 1.92. The molecule has 14 heavy (non-hydrogen) atoms. The summed E-state index contributed by atoms with van der Waals surface area (Å²) < 4.78 is 73.5. The van der Waals surface area contributed by atoms with Crippen molar-refractivity contribution < 1.29 is 26.3 Å². The average Bonchev–Trinajstić information content (AvgIpc) is 1.97. The minimum absolute atomic E-state index is 0.0846. The van der Waals surface area contributed by atoms with E-state index in [0.717, 1.165) is 0 Å². The minimum atomic E-state index is -5.29. The molecule has 0 nitrogen and oxygen atoms in total. The van der Waals surface area contributed by atoms with E-state index in [4.69, 9.17) is 7.85 Å². The van der Waals surface area contributed by atoms with Crippen molar-refractivity contribution in [3.63, 3.8) is 0 Å². The number of benzene rings is 1. The lowest BCUT2D eigenvalue weighted by molar-refractivity contribution is -0.142. The number of hydrogen-bond acceptors (Lipinski definition) is 0. The molecule has 0 aromatic heterocycles. The van der Waals surface area contributed by atoms with Crippen LogP contribution in [-0.4, -0.2) is 7.85 Å². The normalized spacial score (nSPS) is 11.9. The summed E-state index contributed by atoms with van der Waals surface area (Å²) in [6.07, 6.45) is -5.29. The Kier molecular flexibility index (Phi) is 2.51. The minimum Gasteiger partial charge on any atom is -0.576 e. The highest BCUT2D eigenvalue weighted by molar-refractivity contribution is 6.32. The maximum absolute atomic E-state index is 12.6.